The predicted octanol–water partition coefficient (Wildman–Crippen LogP) is 0.616. The van der Waals surface area contributed by atoms with Gasteiger partial charge in [0, 0.05) is 6.04 Å². The largest absolute Gasteiger partial charge is 0.451 e. The van der Waals surface area contributed by atoms with Crippen LogP contribution < -0.4 is 5.73 Å². The number of hydrogen-bond donors (Lipinski definition) is 3. The van der Waals surface area contributed by atoms with Gasteiger partial charge in [0.1, 0.15) is 0 Å². The molecule has 1 atom stereocenters. The van der Waals surface area contributed by atoms with E-state index in [4.69, 9.17) is 25.4 Å². The summed E-state index contributed by atoms with van der Waals surface area (Å²) in [6.45, 7) is 0. The average molecular weight is 265 g/mol. The third-order valence-electron chi connectivity index (χ3n) is 2.63. The van der Waals surface area contributed by atoms with Crippen molar-refractivity contribution in [2.45, 2.75) is 38.0 Å². The Bertz CT molecular complexity index is 353. The van der Waals surface area contributed by atoms with Gasteiger partial charge < -0.3 is 15.8 Å². The molecule has 1 aromatic rings. The monoisotopic (exact) mass is 265 g/mol. The van der Waals surface area contributed by atoms with Crippen LogP contribution in [0.4, 0.5) is 0 Å². The molecule has 1 unspecified atom stereocenters. The summed E-state index contributed by atoms with van der Waals surface area (Å²) in [6.07, 6.45) is 4.29. The fourth-order valence-electron chi connectivity index (χ4n) is 1.75. The van der Waals surface area contributed by atoms with Gasteiger partial charge in [0.2, 0.25) is 0 Å². The van der Waals surface area contributed by atoms with Crippen molar-refractivity contribution in [2.24, 2.45) is 5.73 Å². The first-order valence-corrected chi connectivity index (χ1v) is 6.25. The van der Waals surface area contributed by atoms with Crippen LogP contribution in [0.5, 0.6) is 0 Å². The van der Waals surface area contributed by atoms with E-state index >= 15 is 0 Å². The lowest BCUT2D eigenvalue weighted by atomic mass is 9.83. The topological polar surface area (TPSA) is 101 Å². The lowest BCUT2D eigenvalue weighted by Crippen LogP contribution is -2.22. The van der Waals surface area contributed by atoms with Crippen molar-refractivity contribution >= 4 is 13.3 Å². The van der Waals surface area contributed by atoms with Crippen LogP contribution in [0.25, 0.3) is 0 Å². The standard InChI is InChI=1S/C12H20BNO2.CO2/c14-12(8-4-5-9-13(15)16)10-11-6-2-1-3-7-11;2-1-3/h1-3,6-7,12,15-16H,4-5,8-10,14H2;. The van der Waals surface area contributed by atoms with Crippen LogP contribution in [0, 0.1) is 0 Å². The first-order valence-electron chi connectivity index (χ1n) is 6.25. The molecular formula is C13H20BNO4. The molecule has 0 saturated heterocycles. The highest BCUT2D eigenvalue weighted by molar-refractivity contribution is 6.40. The van der Waals surface area contributed by atoms with Crippen molar-refractivity contribution in [1.82, 2.24) is 0 Å². The summed E-state index contributed by atoms with van der Waals surface area (Å²) in [7, 11) is -1.18. The van der Waals surface area contributed by atoms with Gasteiger partial charge in [-0.25, -0.2) is 0 Å². The molecule has 0 saturated carbocycles. The second-order valence-electron chi connectivity index (χ2n) is 4.30. The SMILES string of the molecule is NC(CCCCB(O)O)Cc1ccccc1.O=C=O. The molecule has 0 spiro atoms. The summed E-state index contributed by atoms with van der Waals surface area (Å²) in [4.78, 5) is 16.2. The highest BCUT2D eigenvalue weighted by Crippen LogP contribution is 2.08. The number of unbranched alkanes of at least 4 members (excludes halogenated alkanes) is 1. The third-order valence-corrected chi connectivity index (χ3v) is 2.63. The van der Waals surface area contributed by atoms with Crippen LogP contribution in [-0.4, -0.2) is 29.4 Å². The smallest absolute Gasteiger partial charge is 0.427 e. The van der Waals surface area contributed by atoms with E-state index in [-0.39, 0.29) is 12.2 Å². The maximum Gasteiger partial charge on any atom is 0.451 e. The van der Waals surface area contributed by atoms with Gasteiger partial charge in [-0.3, -0.25) is 0 Å². The van der Waals surface area contributed by atoms with Crippen molar-refractivity contribution in [3.63, 3.8) is 0 Å². The average Bonchev–Trinajstić information content (AvgIpc) is 2.37. The van der Waals surface area contributed by atoms with Crippen molar-refractivity contribution in [3.05, 3.63) is 35.9 Å². The van der Waals surface area contributed by atoms with Crippen molar-refractivity contribution in [3.8, 4) is 0 Å². The minimum Gasteiger partial charge on any atom is -0.427 e. The Morgan fingerprint density at radius 1 is 1.16 bits per heavy atom. The van der Waals surface area contributed by atoms with Gasteiger partial charge in [0.15, 0.2) is 0 Å². The molecule has 0 amide bonds. The fourth-order valence-corrected chi connectivity index (χ4v) is 1.75. The Labute approximate surface area is 113 Å². The van der Waals surface area contributed by atoms with Crippen LogP contribution in [0.1, 0.15) is 24.8 Å². The van der Waals surface area contributed by atoms with Crippen LogP contribution in [0.3, 0.4) is 0 Å². The molecule has 104 valence electrons. The molecule has 4 N–H and O–H groups in total. The van der Waals surface area contributed by atoms with Crippen LogP contribution in [0.2, 0.25) is 6.32 Å². The number of hydrogen-bond acceptors (Lipinski definition) is 5. The molecule has 0 aromatic heterocycles. The fraction of sp³-hybridized carbons (Fsp3) is 0.462. The summed E-state index contributed by atoms with van der Waals surface area (Å²) in [5.74, 6) is 0. The molecule has 1 aromatic carbocycles. The van der Waals surface area contributed by atoms with Crippen LogP contribution >= 0.6 is 0 Å². The minimum absolute atomic E-state index is 0.165. The van der Waals surface area contributed by atoms with Crippen LogP contribution in [0.15, 0.2) is 30.3 Å². The molecule has 0 aliphatic carbocycles. The first kappa shape index (κ1) is 17.5. The zero-order valence-corrected chi connectivity index (χ0v) is 10.9. The highest BCUT2D eigenvalue weighted by Gasteiger charge is 2.07. The van der Waals surface area contributed by atoms with Gasteiger partial charge in [-0.2, -0.15) is 9.59 Å². The zero-order chi connectivity index (χ0) is 14.5. The maximum atomic E-state index is 8.68. The number of rotatable bonds is 7. The predicted molar refractivity (Wildman–Crippen MR) is 72.0 cm³/mol. The number of benzene rings is 1. The molecule has 6 heteroatoms. The summed E-state index contributed by atoms with van der Waals surface area (Å²) < 4.78 is 0. The van der Waals surface area contributed by atoms with Crippen molar-refractivity contribution < 1.29 is 19.6 Å². The summed E-state index contributed by atoms with van der Waals surface area (Å²) in [5.41, 5.74) is 7.26. The molecule has 1 rings (SSSR count). The van der Waals surface area contributed by atoms with Gasteiger partial charge in [-0.05, 0) is 24.7 Å². The van der Waals surface area contributed by atoms with E-state index in [0.29, 0.717) is 6.32 Å². The van der Waals surface area contributed by atoms with Gasteiger partial charge in [-0.1, -0.05) is 43.2 Å². The Morgan fingerprint density at radius 3 is 2.26 bits per heavy atom. The molecule has 19 heavy (non-hydrogen) atoms. The normalized spacial score (nSPS) is 10.9. The van der Waals surface area contributed by atoms with E-state index in [1.165, 1.54) is 5.56 Å². The lowest BCUT2D eigenvalue weighted by Gasteiger charge is -2.11. The molecular weight excluding hydrogens is 245 g/mol. The van der Waals surface area contributed by atoms with Gasteiger partial charge in [0.25, 0.3) is 0 Å². The third kappa shape index (κ3) is 11.4. The molecule has 0 fully saturated rings. The van der Waals surface area contributed by atoms with Crippen molar-refractivity contribution in [2.75, 3.05) is 0 Å². The summed E-state index contributed by atoms with van der Waals surface area (Å²) in [5, 5.41) is 17.4. The number of carbonyl (C=O) groups excluding carboxylic acids is 2. The van der Waals surface area contributed by atoms with E-state index in [9.17, 15) is 0 Å². The Hall–Kier alpha value is -1.46. The van der Waals surface area contributed by atoms with E-state index < -0.39 is 7.12 Å². The van der Waals surface area contributed by atoms with E-state index in [2.05, 4.69) is 12.1 Å². The van der Waals surface area contributed by atoms with Crippen molar-refractivity contribution in [1.29, 1.82) is 0 Å². The quantitative estimate of drug-likeness (QED) is 0.495. The maximum absolute atomic E-state index is 8.68. The minimum atomic E-state index is -1.18. The van der Waals surface area contributed by atoms with E-state index in [1.54, 1.807) is 0 Å². The molecule has 5 nitrogen and oxygen atoms in total. The molecule has 0 heterocycles. The summed E-state index contributed by atoms with van der Waals surface area (Å²) >= 11 is 0. The highest BCUT2D eigenvalue weighted by atomic mass is 16.4. The second-order valence-corrected chi connectivity index (χ2v) is 4.30. The van der Waals surface area contributed by atoms with Crippen LogP contribution in [-0.2, 0) is 16.0 Å². The summed E-state index contributed by atoms with van der Waals surface area (Å²) in [6, 6.07) is 10.4. The Kier molecular flexibility index (Phi) is 10.7. The molecule has 0 aliphatic rings. The van der Waals surface area contributed by atoms with Gasteiger partial charge in [0.05, 0.1) is 0 Å². The lowest BCUT2D eigenvalue weighted by molar-refractivity contribution is -0.191. The number of nitrogens with two attached hydrogens (primary N) is 1. The van der Waals surface area contributed by atoms with Gasteiger partial charge >= 0.3 is 13.3 Å². The Morgan fingerprint density at radius 2 is 1.74 bits per heavy atom. The first-order chi connectivity index (χ1) is 9.10. The van der Waals surface area contributed by atoms with E-state index in [0.717, 1.165) is 25.7 Å². The van der Waals surface area contributed by atoms with E-state index in [1.807, 2.05) is 18.2 Å². The molecule has 0 radical (unpaired) electrons. The Balaban J connectivity index is 0.000000982. The van der Waals surface area contributed by atoms with Gasteiger partial charge in [-0.15, -0.1) is 0 Å². The molecule has 0 bridgehead atoms. The zero-order valence-electron chi connectivity index (χ0n) is 10.9. The molecule has 0 aliphatic heterocycles. The second kappa shape index (κ2) is 11.6.